The molecule has 0 aliphatic rings. The Morgan fingerprint density at radius 2 is 1.88 bits per heavy atom. The average molecular weight is 572 g/mol. The first-order valence-electron chi connectivity index (χ1n) is 13.5. The number of anilines is 3. The van der Waals surface area contributed by atoms with E-state index in [2.05, 4.69) is 37.4 Å². The van der Waals surface area contributed by atoms with Gasteiger partial charge in [0.05, 0.1) is 30.1 Å². The lowest BCUT2D eigenvalue weighted by atomic mass is 10.1. The van der Waals surface area contributed by atoms with Crippen LogP contribution in [0.25, 0.3) is 22.5 Å². The summed E-state index contributed by atoms with van der Waals surface area (Å²) in [6.07, 6.45) is 3.17. The number of rotatable bonds is 11. The first-order valence-corrected chi connectivity index (χ1v) is 13.5. The molecule has 0 aliphatic heterocycles. The topological polar surface area (TPSA) is 169 Å². The van der Waals surface area contributed by atoms with E-state index in [-0.39, 0.29) is 35.9 Å². The number of allylic oxidation sites excluding steroid dienone is 1. The molecule has 42 heavy (non-hydrogen) atoms. The highest BCUT2D eigenvalue weighted by Crippen LogP contribution is 2.31. The number of pyridine rings is 1. The number of nitrogens with one attached hydrogen (secondary N) is 2. The third kappa shape index (κ3) is 5.64. The van der Waals surface area contributed by atoms with Gasteiger partial charge in [0.15, 0.2) is 5.65 Å². The predicted octanol–water partition coefficient (Wildman–Crippen LogP) is 3.92. The van der Waals surface area contributed by atoms with Crippen molar-refractivity contribution in [2.45, 2.75) is 51.9 Å². The monoisotopic (exact) mass is 571 g/mol. The van der Waals surface area contributed by atoms with E-state index in [1.165, 1.54) is 6.20 Å². The minimum atomic E-state index is -1.34. The molecule has 0 saturated heterocycles. The van der Waals surface area contributed by atoms with Gasteiger partial charge in [-0.3, -0.25) is 9.48 Å². The van der Waals surface area contributed by atoms with Crippen molar-refractivity contribution >= 4 is 28.6 Å². The Hall–Kier alpha value is -4.88. The fourth-order valence-corrected chi connectivity index (χ4v) is 4.51. The first kappa shape index (κ1) is 28.6. The van der Waals surface area contributed by atoms with Crippen LogP contribution < -0.4 is 16.2 Å². The fraction of sp³-hybridized carbons (Fsp3) is 0.310. The van der Waals surface area contributed by atoms with Crippen molar-refractivity contribution < 1.29 is 14.6 Å². The van der Waals surface area contributed by atoms with Crippen LogP contribution in [-0.2, 0) is 12.1 Å². The van der Waals surface area contributed by atoms with Gasteiger partial charge in [-0.05, 0) is 45.4 Å². The van der Waals surface area contributed by atoms with E-state index in [0.717, 1.165) is 5.56 Å². The molecular weight excluding hydrogens is 538 g/mol. The molecule has 0 radical (unpaired) electrons. The van der Waals surface area contributed by atoms with Gasteiger partial charge in [-0.25, -0.2) is 14.6 Å². The lowest BCUT2D eigenvalue weighted by Crippen LogP contribution is -2.23. The zero-order valence-corrected chi connectivity index (χ0v) is 23.8. The lowest BCUT2D eigenvalue weighted by Gasteiger charge is -2.19. The maximum atomic E-state index is 13.0. The second kappa shape index (κ2) is 11.5. The Balaban J connectivity index is 1.55. The van der Waals surface area contributed by atoms with E-state index >= 15 is 0 Å². The van der Waals surface area contributed by atoms with Gasteiger partial charge >= 0.3 is 0 Å². The zero-order valence-electron chi connectivity index (χ0n) is 23.8. The number of fused-ring (bicyclic) bond motifs is 1. The molecule has 0 saturated carbocycles. The largest absolute Gasteiger partial charge is 0.417 e. The molecule has 4 aromatic heterocycles. The number of benzene rings is 1. The summed E-state index contributed by atoms with van der Waals surface area (Å²) in [6, 6.07) is 12.3. The molecule has 1 atom stereocenters. The summed E-state index contributed by atoms with van der Waals surface area (Å²) < 4.78 is 9.19. The number of aliphatic hydroxyl groups excluding tert-OH is 1. The molecule has 5 aromatic rings. The summed E-state index contributed by atoms with van der Waals surface area (Å²) in [7, 11) is 0. The Bertz CT molecular complexity index is 1770. The Labute approximate surface area is 241 Å². The highest BCUT2D eigenvalue weighted by atomic mass is 16.4. The van der Waals surface area contributed by atoms with Gasteiger partial charge < -0.3 is 25.3 Å². The number of nitrogens with zero attached hydrogens (tertiary/aromatic N) is 7. The minimum Gasteiger partial charge on any atom is -0.417 e. The van der Waals surface area contributed by atoms with Gasteiger partial charge in [-0.2, -0.15) is 4.98 Å². The molecule has 4 heterocycles. The molecular formula is C29H33N9O4. The molecule has 4 N–H and O–H groups in total. The van der Waals surface area contributed by atoms with Gasteiger partial charge in [0.2, 0.25) is 11.8 Å². The summed E-state index contributed by atoms with van der Waals surface area (Å²) in [5.41, 5.74) is 0.239. The molecule has 0 aliphatic carbocycles. The Morgan fingerprint density at radius 1 is 1.12 bits per heavy atom. The molecule has 0 spiro atoms. The van der Waals surface area contributed by atoms with E-state index in [9.17, 15) is 15.0 Å². The van der Waals surface area contributed by atoms with Crippen molar-refractivity contribution in [3.8, 4) is 11.5 Å². The average Bonchev–Trinajstić information content (AvgIpc) is 3.56. The second-order valence-electron chi connectivity index (χ2n) is 10.5. The van der Waals surface area contributed by atoms with Gasteiger partial charge in [-0.1, -0.05) is 36.4 Å². The third-order valence-electron chi connectivity index (χ3n) is 6.51. The third-order valence-corrected chi connectivity index (χ3v) is 6.51. The molecule has 218 valence electrons. The molecule has 13 heteroatoms. The summed E-state index contributed by atoms with van der Waals surface area (Å²) >= 11 is 0. The van der Waals surface area contributed by atoms with Crippen molar-refractivity contribution in [3.63, 3.8) is 0 Å². The van der Waals surface area contributed by atoms with Gasteiger partial charge in [0.1, 0.15) is 17.2 Å². The number of hydrogen-bond acceptors (Lipinski definition) is 11. The van der Waals surface area contributed by atoms with Crippen molar-refractivity contribution in [2.24, 2.45) is 0 Å². The van der Waals surface area contributed by atoms with Crippen LogP contribution in [0.2, 0.25) is 0 Å². The second-order valence-corrected chi connectivity index (χ2v) is 10.5. The fourth-order valence-electron chi connectivity index (χ4n) is 4.51. The molecule has 1 aromatic carbocycles. The maximum Gasteiger partial charge on any atom is 0.276 e. The van der Waals surface area contributed by atoms with Crippen LogP contribution in [0.4, 0.5) is 17.6 Å². The van der Waals surface area contributed by atoms with Crippen molar-refractivity contribution in [1.29, 1.82) is 0 Å². The van der Waals surface area contributed by atoms with E-state index in [1.54, 1.807) is 36.7 Å². The highest BCUT2D eigenvalue weighted by molar-refractivity contribution is 5.77. The van der Waals surface area contributed by atoms with Gasteiger partial charge in [0, 0.05) is 12.2 Å². The number of aliphatic hydroxyl groups is 2. The molecule has 13 nitrogen and oxygen atoms in total. The smallest absolute Gasteiger partial charge is 0.276 e. The van der Waals surface area contributed by atoms with Crippen LogP contribution in [0.15, 0.2) is 70.5 Å². The number of hydrogen-bond donors (Lipinski definition) is 4. The van der Waals surface area contributed by atoms with Crippen LogP contribution in [0.1, 0.15) is 51.2 Å². The molecule has 0 fully saturated rings. The summed E-state index contributed by atoms with van der Waals surface area (Å²) in [6.45, 7) is 10.9. The number of aromatic nitrogens is 7. The Morgan fingerprint density at radius 3 is 2.52 bits per heavy atom. The van der Waals surface area contributed by atoms with E-state index < -0.39 is 11.6 Å². The molecule has 5 rings (SSSR count). The van der Waals surface area contributed by atoms with Gasteiger partial charge in [0.25, 0.3) is 11.4 Å². The molecule has 0 unspecified atom stereocenters. The standard InChI is InChI=1S/C29H33N9O4/c1-6-14-37-26(40)19-12-13-22(32-24(19)38(37)17(2)3)33-28-30-15-20(25-35-36-27(42-25)29(4,5)41)23(34-28)31-21(16-39)18-10-8-7-9-11-18/h6-13,15,17,21,39,41H,1,14,16H2,2-5H3,(H2,30,31,32,33,34)/t21-/m1/s1. The van der Waals surface area contributed by atoms with Crippen molar-refractivity contribution in [3.05, 3.63) is 83.1 Å². The van der Waals surface area contributed by atoms with E-state index in [4.69, 9.17) is 9.40 Å². The van der Waals surface area contributed by atoms with Crippen LogP contribution in [0, 0.1) is 0 Å². The SMILES string of the molecule is C=CCn1c(=O)c2ccc(Nc3ncc(-c4nnc(C(C)(C)O)o4)c(N[C@H](CO)c4ccccc4)n3)nc2n1C(C)C. The summed E-state index contributed by atoms with van der Waals surface area (Å²) in [4.78, 5) is 26.8. The Kier molecular flexibility index (Phi) is 7.87. The summed E-state index contributed by atoms with van der Waals surface area (Å²) in [5.74, 6) is 1.05. The van der Waals surface area contributed by atoms with Crippen molar-refractivity contribution in [1.82, 2.24) is 34.5 Å². The van der Waals surface area contributed by atoms with Crippen LogP contribution in [-0.4, -0.2) is 51.3 Å². The van der Waals surface area contributed by atoms with E-state index in [0.29, 0.717) is 34.8 Å². The van der Waals surface area contributed by atoms with E-state index in [1.807, 2.05) is 48.9 Å². The molecule has 0 amide bonds. The normalized spacial score (nSPS) is 12.5. The minimum absolute atomic E-state index is 0.0270. The predicted molar refractivity (Wildman–Crippen MR) is 158 cm³/mol. The maximum absolute atomic E-state index is 13.0. The van der Waals surface area contributed by atoms with Gasteiger partial charge in [-0.15, -0.1) is 16.8 Å². The quantitative estimate of drug-likeness (QED) is 0.170. The van der Waals surface area contributed by atoms with Crippen LogP contribution in [0.3, 0.4) is 0 Å². The van der Waals surface area contributed by atoms with Crippen LogP contribution >= 0.6 is 0 Å². The highest BCUT2D eigenvalue weighted by Gasteiger charge is 2.26. The zero-order chi connectivity index (χ0) is 30.0. The summed E-state index contributed by atoms with van der Waals surface area (Å²) in [5, 5.41) is 35.4. The lowest BCUT2D eigenvalue weighted by molar-refractivity contribution is 0.0488. The van der Waals surface area contributed by atoms with Crippen molar-refractivity contribution in [2.75, 3.05) is 17.2 Å². The molecule has 0 bridgehead atoms. The van der Waals surface area contributed by atoms with Crippen LogP contribution in [0.5, 0.6) is 0 Å². The first-order chi connectivity index (χ1) is 20.1.